The standard InChI is InChI=1S/C13H18N2O5S2/c1-3-7-14-22(19,20)12-5-4-11(9-10(12)2)15-13(16)6-8-21(15,17)18/h4-5,9,14H,3,6-8H2,1-2H3. The first kappa shape index (κ1) is 16.9. The van der Waals surface area contributed by atoms with Crippen molar-refractivity contribution in [3.8, 4) is 0 Å². The Morgan fingerprint density at radius 3 is 2.50 bits per heavy atom. The van der Waals surface area contributed by atoms with Gasteiger partial charge in [0, 0.05) is 13.0 Å². The Morgan fingerprint density at radius 1 is 1.32 bits per heavy atom. The largest absolute Gasteiger partial charge is 0.273 e. The summed E-state index contributed by atoms with van der Waals surface area (Å²) in [6.45, 7) is 3.74. The molecule has 0 radical (unpaired) electrons. The maximum Gasteiger partial charge on any atom is 0.242 e. The molecule has 1 aromatic carbocycles. The van der Waals surface area contributed by atoms with E-state index in [1.807, 2.05) is 6.92 Å². The lowest BCUT2D eigenvalue weighted by molar-refractivity contribution is -0.116. The van der Waals surface area contributed by atoms with Gasteiger partial charge in [0.15, 0.2) is 0 Å². The fourth-order valence-corrected chi connectivity index (χ4v) is 5.05. The highest BCUT2D eigenvalue weighted by atomic mass is 32.2. The van der Waals surface area contributed by atoms with E-state index in [0.29, 0.717) is 18.5 Å². The Bertz CT molecular complexity index is 800. The van der Waals surface area contributed by atoms with Gasteiger partial charge < -0.3 is 0 Å². The third-order valence-corrected chi connectivity index (χ3v) is 6.62. The summed E-state index contributed by atoms with van der Waals surface area (Å²) in [5, 5.41) is 0. The molecule has 1 N–H and O–H groups in total. The zero-order valence-electron chi connectivity index (χ0n) is 12.4. The van der Waals surface area contributed by atoms with Crippen LogP contribution in [0.4, 0.5) is 5.69 Å². The SMILES string of the molecule is CCCNS(=O)(=O)c1ccc(N2C(=O)CCS2(=O)=O)cc1C. The van der Waals surface area contributed by atoms with E-state index in [1.165, 1.54) is 18.2 Å². The molecule has 0 aliphatic carbocycles. The van der Waals surface area contributed by atoms with Crippen LogP contribution in [0.5, 0.6) is 0 Å². The first-order valence-corrected chi connectivity index (χ1v) is 9.94. The number of rotatable bonds is 5. The van der Waals surface area contributed by atoms with E-state index in [1.54, 1.807) is 6.92 Å². The zero-order valence-corrected chi connectivity index (χ0v) is 14.0. The molecule has 2 rings (SSSR count). The van der Waals surface area contributed by atoms with Crippen LogP contribution >= 0.6 is 0 Å². The summed E-state index contributed by atoms with van der Waals surface area (Å²) >= 11 is 0. The number of hydrogen-bond acceptors (Lipinski definition) is 5. The number of nitrogens with zero attached hydrogens (tertiary/aromatic N) is 1. The molecule has 0 unspecified atom stereocenters. The van der Waals surface area contributed by atoms with Gasteiger partial charge in [-0.1, -0.05) is 6.92 Å². The molecule has 122 valence electrons. The Balaban J connectivity index is 2.41. The fraction of sp³-hybridized carbons (Fsp3) is 0.462. The second kappa shape index (κ2) is 5.98. The Morgan fingerprint density at radius 2 is 2.00 bits per heavy atom. The van der Waals surface area contributed by atoms with Crippen molar-refractivity contribution >= 4 is 31.6 Å². The quantitative estimate of drug-likeness (QED) is 0.848. The van der Waals surface area contributed by atoms with E-state index in [-0.39, 0.29) is 22.8 Å². The highest BCUT2D eigenvalue weighted by Gasteiger charge is 2.36. The van der Waals surface area contributed by atoms with Gasteiger partial charge in [0.05, 0.1) is 16.3 Å². The molecular formula is C13H18N2O5S2. The fourth-order valence-electron chi connectivity index (χ4n) is 2.24. The minimum atomic E-state index is -3.65. The van der Waals surface area contributed by atoms with Crippen LogP contribution < -0.4 is 9.03 Å². The predicted octanol–water partition coefficient (Wildman–Crippen LogP) is 0.750. The van der Waals surface area contributed by atoms with Gasteiger partial charge in [-0.25, -0.2) is 25.9 Å². The molecule has 7 nitrogen and oxygen atoms in total. The molecule has 1 aliphatic rings. The molecule has 1 fully saturated rings. The van der Waals surface area contributed by atoms with Gasteiger partial charge in [0.1, 0.15) is 0 Å². The highest BCUT2D eigenvalue weighted by Crippen LogP contribution is 2.28. The molecular weight excluding hydrogens is 328 g/mol. The van der Waals surface area contributed by atoms with Gasteiger partial charge >= 0.3 is 0 Å². The van der Waals surface area contributed by atoms with Crippen LogP contribution in [0.2, 0.25) is 0 Å². The van der Waals surface area contributed by atoms with Crippen molar-refractivity contribution in [3.05, 3.63) is 23.8 Å². The lowest BCUT2D eigenvalue weighted by atomic mass is 10.2. The molecule has 0 saturated carbocycles. The maximum atomic E-state index is 12.1. The molecule has 22 heavy (non-hydrogen) atoms. The number of sulfonamides is 2. The smallest absolute Gasteiger partial charge is 0.242 e. The van der Waals surface area contributed by atoms with E-state index in [4.69, 9.17) is 0 Å². The monoisotopic (exact) mass is 346 g/mol. The van der Waals surface area contributed by atoms with Crippen molar-refractivity contribution in [2.45, 2.75) is 31.6 Å². The summed E-state index contributed by atoms with van der Waals surface area (Å²) in [5.74, 6) is -0.720. The van der Waals surface area contributed by atoms with Gasteiger partial charge in [0.25, 0.3) is 0 Å². The maximum absolute atomic E-state index is 12.1. The number of carbonyl (C=O) groups is 1. The van der Waals surface area contributed by atoms with E-state index >= 15 is 0 Å². The molecule has 1 amide bonds. The van der Waals surface area contributed by atoms with Gasteiger partial charge in [-0.3, -0.25) is 4.79 Å². The van der Waals surface area contributed by atoms with E-state index in [0.717, 1.165) is 4.31 Å². The highest BCUT2D eigenvalue weighted by molar-refractivity contribution is 7.94. The van der Waals surface area contributed by atoms with E-state index in [2.05, 4.69) is 4.72 Å². The topological polar surface area (TPSA) is 101 Å². The number of benzene rings is 1. The van der Waals surface area contributed by atoms with E-state index < -0.39 is 26.0 Å². The lowest BCUT2D eigenvalue weighted by Crippen LogP contribution is -2.29. The van der Waals surface area contributed by atoms with Gasteiger partial charge in [-0.05, 0) is 37.1 Å². The minimum absolute atomic E-state index is 0.0561. The van der Waals surface area contributed by atoms with E-state index in [9.17, 15) is 21.6 Å². The third-order valence-electron chi connectivity index (χ3n) is 3.30. The van der Waals surface area contributed by atoms with Crippen LogP contribution in [0.25, 0.3) is 0 Å². The first-order chi connectivity index (χ1) is 10.2. The first-order valence-electron chi connectivity index (χ1n) is 6.85. The Hall–Kier alpha value is -1.45. The normalized spacial score (nSPS) is 17.9. The predicted molar refractivity (Wildman–Crippen MR) is 82.5 cm³/mol. The van der Waals surface area contributed by atoms with Crippen LogP contribution in [-0.2, 0) is 24.8 Å². The van der Waals surface area contributed by atoms with Crippen molar-refractivity contribution in [1.29, 1.82) is 0 Å². The summed E-state index contributed by atoms with van der Waals surface area (Å²) in [6, 6.07) is 4.07. The third kappa shape index (κ3) is 3.16. The summed E-state index contributed by atoms with van der Waals surface area (Å²) in [5.41, 5.74) is 0.561. The van der Waals surface area contributed by atoms with Crippen LogP contribution in [0, 0.1) is 6.92 Å². The summed E-state index contributed by atoms with van der Waals surface area (Å²) in [7, 11) is -7.29. The number of nitrogens with one attached hydrogen (secondary N) is 1. The van der Waals surface area contributed by atoms with Gasteiger partial charge in [0.2, 0.25) is 26.0 Å². The molecule has 0 bridgehead atoms. The minimum Gasteiger partial charge on any atom is -0.273 e. The number of carbonyl (C=O) groups excluding carboxylic acids is 1. The zero-order chi connectivity index (χ0) is 16.5. The molecule has 1 aliphatic heterocycles. The second-order valence-corrected chi connectivity index (χ2v) is 8.74. The molecule has 9 heteroatoms. The molecule has 0 atom stereocenters. The lowest BCUT2D eigenvalue weighted by Gasteiger charge is -2.17. The molecule has 1 heterocycles. The second-order valence-electron chi connectivity index (χ2n) is 5.07. The van der Waals surface area contributed by atoms with Crippen molar-refractivity contribution in [2.75, 3.05) is 16.6 Å². The molecule has 0 spiro atoms. The average molecular weight is 346 g/mol. The summed E-state index contributed by atoms with van der Waals surface area (Å²) in [4.78, 5) is 11.8. The molecule has 1 saturated heterocycles. The van der Waals surface area contributed by atoms with Gasteiger partial charge in [-0.15, -0.1) is 0 Å². The van der Waals surface area contributed by atoms with Crippen LogP contribution in [-0.4, -0.2) is 35.0 Å². The van der Waals surface area contributed by atoms with Crippen LogP contribution in [0.15, 0.2) is 23.1 Å². The van der Waals surface area contributed by atoms with Crippen molar-refractivity contribution < 1.29 is 21.6 Å². The number of anilines is 1. The molecule has 1 aromatic rings. The number of hydrogen-bond donors (Lipinski definition) is 1. The number of aryl methyl sites for hydroxylation is 1. The Labute approximate surface area is 130 Å². The summed E-state index contributed by atoms with van der Waals surface area (Å²) in [6.07, 6.45) is 0.608. The Kier molecular flexibility index (Phi) is 4.59. The average Bonchev–Trinajstić information content (AvgIpc) is 2.70. The summed E-state index contributed by atoms with van der Waals surface area (Å²) < 4.78 is 51.2. The van der Waals surface area contributed by atoms with Crippen molar-refractivity contribution in [3.63, 3.8) is 0 Å². The van der Waals surface area contributed by atoms with Crippen LogP contribution in [0.3, 0.4) is 0 Å². The molecule has 0 aromatic heterocycles. The number of amides is 1. The van der Waals surface area contributed by atoms with Crippen molar-refractivity contribution in [1.82, 2.24) is 4.72 Å². The van der Waals surface area contributed by atoms with Crippen LogP contribution in [0.1, 0.15) is 25.3 Å². The van der Waals surface area contributed by atoms with Gasteiger partial charge in [-0.2, -0.15) is 0 Å². The van der Waals surface area contributed by atoms with Crippen molar-refractivity contribution in [2.24, 2.45) is 0 Å².